The Morgan fingerprint density at radius 2 is 2.17 bits per heavy atom. The van der Waals surface area contributed by atoms with Crippen LogP contribution in [0.15, 0.2) is 18.2 Å². The van der Waals surface area contributed by atoms with Gasteiger partial charge in [-0.25, -0.2) is 4.79 Å². The van der Waals surface area contributed by atoms with E-state index in [1.54, 1.807) is 0 Å². The summed E-state index contributed by atoms with van der Waals surface area (Å²) in [5, 5.41) is 19.3. The van der Waals surface area contributed by atoms with Crippen LogP contribution < -0.4 is 5.11 Å². The van der Waals surface area contributed by atoms with E-state index in [2.05, 4.69) is 0 Å². The molecule has 0 atom stereocenters. The molecule has 0 amide bonds. The van der Waals surface area contributed by atoms with Crippen molar-refractivity contribution in [3.63, 3.8) is 0 Å². The summed E-state index contributed by atoms with van der Waals surface area (Å²) in [7, 11) is 0. The van der Waals surface area contributed by atoms with Crippen LogP contribution in [0.2, 0.25) is 0 Å². The average molecular weight is 165 g/mol. The van der Waals surface area contributed by atoms with Crippen molar-refractivity contribution in [1.82, 2.24) is 0 Å². The van der Waals surface area contributed by atoms with Gasteiger partial charge in [0.2, 0.25) is 0 Å². The smallest absolute Gasteiger partial charge is 0.335 e. The Morgan fingerprint density at radius 1 is 1.50 bits per heavy atom. The predicted octanol–water partition coefficient (Wildman–Crippen LogP) is 0.271. The first-order valence-corrected chi connectivity index (χ1v) is 3.14. The number of aldehydes is 1. The number of hydrogen-bond acceptors (Lipinski definition) is 3. The first kappa shape index (κ1) is 8.26. The third-order valence-electron chi connectivity index (χ3n) is 1.38. The SMILES string of the molecule is O=Cc1cc(C(=O)O)ccc1[O-]. The molecule has 0 aromatic heterocycles. The van der Waals surface area contributed by atoms with E-state index in [9.17, 15) is 14.7 Å². The zero-order valence-electron chi connectivity index (χ0n) is 5.98. The van der Waals surface area contributed by atoms with Crippen LogP contribution in [0, 0.1) is 0 Å². The van der Waals surface area contributed by atoms with Gasteiger partial charge in [-0.3, -0.25) is 4.79 Å². The van der Waals surface area contributed by atoms with Gasteiger partial charge in [-0.15, -0.1) is 0 Å². The standard InChI is InChI=1S/C8H6O4/c9-4-6-3-5(8(11)12)1-2-7(6)10/h1-4,10H,(H,11,12)/p-1. The monoisotopic (exact) mass is 165 g/mol. The van der Waals surface area contributed by atoms with E-state index < -0.39 is 11.7 Å². The zero-order valence-corrected chi connectivity index (χ0v) is 5.98. The van der Waals surface area contributed by atoms with E-state index in [4.69, 9.17) is 5.11 Å². The van der Waals surface area contributed by atoms with Crippen LogP contribution in [0.5, 0.6) is 5.75 Å². The molecule has 0 heterocycles. The van der Waals surface area contributed by atoms with Crippen LogP contribution in [0.3, 0.4) is 0 Å². The molecule has 0 radical (unpaired) electrons. The van der Waals surface area contributed by atoms with Gasteiger partial charge in [0.15, 0.2) is 0 Å². The predicted molar refractivity (Wildman–Crippen MR) is 38.2 cm³/mol. The van der Waals surface area contributed by atoms with Crippen molar-refractivity contribution in [3.05, 3.63) is 29.3 Å². The molecule has 0 saturated carbocycles. The molecular weight excluding hydrogens is 160 g/mol. The molecule has 12 heavy (non-hydrogen) atoms. The average Bonchev–Trinajstić information content (AvgIpc) is 2.05. The fourth-order valence-corrected chi connectivity index (χ4v) is 0.774. The van der Waals surface area contributed by atoms with E-state index in [0.29, 0.717) is 6.29 Å². The number of hydrogen-bond donors (Lipinski definition) is 1. The number of carbonyl (C=O) groups is 2. The van der Waals surface area contributed by atoms with Crippen molar-refractivity contribution < 1.29 is 19.8 Å². The van der Waals surface area contributed by atoms with Crippen molar-refractivity contribution in [2.75, 3.05) is 0 Å². The highest BCUT2D eigenvalue weighted by atomic mass is 16.4. The minimum atomic E-state index is -1.15. The highest BCUT2D eigenvalue weighted by molar-refractivity contribution is 5.91. The Hall–Kier alpha value is -1.84. The van der Waals surface area contributed by atoms with Crippen molar-refractivity contribution >= 4 is 12.3 Å². The molecule has 0 saturated heterocycles. The van der Waals surface area contributed by atoms with E-state index >= 15 is 0 Å². The lowest BCUT2D eigenvalue weighted by molar-refractivity contribution is -0.268. The third-order valence-corrected chi connectivity index (χ3v) is 1.38. The van der Waals surface area contributed by atoms with Crippen molar-refractivity contribution in [2.24, 2.45) is 0 Å². The second kappa shape index (κ2) is 3.04. The van der Waals surface area contributed by atoms with Gasteiger partial charge in [-0.05, 0) is 12.1 Å². The van der Waals surface area contributed by atoms with Crippen LogP contribution in [-0.4, -0.2) is 17.4 Å². The summed E-state index contributed by atoms with van der Waals surface area (Å²) in [6, 6.07) is 3.28. The normalized spacial score (nSPS) is 9.33. The Labute approximate surface area is 68.1 Å². The molecule has 1 aromatic carbocycles. The molecule has 0 fully saturated rings. The Bertz CT molecular complexity index is 330. The molecule has 0 aliphatic rings. The van der Waals surface area contributed by atoms with Gasteiger partial charge in [0, 0.05) is 5.56 Å². The van der Waals surface area contributed by atoms with Gasteiger partial charge in [-0.2, -0.15) is 0 Å². The molecular formula is C8H5O4-. The summed E-state index contributed by atoms with van der Waals surface area (Å²) < 4.78 is 0. The second-order valence-corrected chi connectivity index (χ2v) is 2.18. The molecule has 0 spiro atoms. The molecule has 0 bridgehead atoms. The fraction of sp³-hybridized carbons (Fsp3) is 0. The molecule has 0 aliphatic heterocycles. The van der Waals surface area contributed by atoms with Crippen molar-refractivity contribution in [3.8, 4) is 5.75 Å². The molecule has 62 valence electrons. The quantitative estimate of drug-likeness (QED) is 0.638. The van der Waals surface area contributed by atoms with Crippen molar-refractivity contribution in [1.29, 1.82) is 0 Å². The lowest BCUT2D eigenvalue weighted by atomic mass is 10.1. The van der Waals surface area contributed by atoms with Gasteiger partial charge >= 0.3 is 5.97 Å². The minimum absolute atomic E-state index is 0.0586. The van der Waals surface area contributed by atoms with Crippen LogP contribution in [-0.2, 0) is 0 Å². The molecule has 1 rings (SSSR count). The second-order valence-electron chi connectivity index (χ2n) is 2.18. The summed E-state index contributed by atoms with van der Waals surface area (Å²) in [6.07, 6.45) is 0.342. The van der Waals surface area contributed by atoms with Gasteiger partial charge in [-0.1, -0.05) is 11.8 Å². The van der Waals surface area contributed by atoms with Gasteiger partial charge in [0.05, 0.1) is 5.56 Å². The van der Waals surface area contributed by atoms with Crippen LogP contribution in [0.25, 0.3) is 0 Å². The first-order chi connectivity index (χ1) is 5.65. The van der Waals surface area contributed by atoms with Crippen molar-refractivity contribution in [2.45, 2.75) is 0 Å². The summed E-state index contributed by atoms with van der Waals surface area (Å²) in [6.45, 7) is 0. The summed E-state index contributed by atoms with van der Waals surface area (Å²) in [5.74, 6) is -1.62. The minimum Gasteiger partial charge on any atom is -0.872 e. The number of carbonyl (C=O) groups excluding carboxylic acids is 1. The maximum absolute atomic E-state index is 10.8. The molecule has 0 aliphatic carbocycles. The highest BCUT2D eigenvalue weighted by Crippen LogP contribution is 2.13. The molecule has 1 N–H and O–H groups in total. The molecule has 0 unspecified atom stereocenters. The topological polar surface area (TPSA) is 77.4 Å². The summed E-state index contributed by atoms with van der Waals surface area (Å²) in [4.78, 5) is 20.6. The van der Waals surface area contributed by atoms with Crippen LogP contribution >= 0.6 is 0 Å². The maximum atomic E-state index is 10.8. The Balaban J connectivity index is 3.22. The van der Waals surface area contributed by atoms with Gasteiger partial charge in [0.25, 0.3) is 0 Å². The number of benzene rings is 1. The zero-order chi connectivity index (χ0) is 9.14. The van der Waals surface area contributed by atoms with Gasteiger partial charge in [0.1, 0.15) is 6.29 Å². The molecule has 4 nitrogen and oxygen atoms in total. The molecule has 1 aromatic rings. The van der Waals surface area contributed by atoms with Crippen LogP contribution in [0.4, 0.5) is 0 Å². The highest BCUT2D eigenvalue weighted by Gasteiger charge is 2.02. The number of aromatic carboxylic acids is 1. The summed E-state index contributed by atoms with van der Waals surface area (Å²) >= 11 is 0. The maximum Gasteiger partial charge on any atom is 0.335 e. The van der Waals surface area contributed by atoms with Gasteiger partial charge < -0.3 is 10.2 Å². The number of rotatable bonds is 2. The number of carboxylic acids is 1. The summed E-state index contributed by atoms with van der Waals surface area (Å²) in [5.41, 5.74) is -0.188. The third kappa shape index (κ3) is 1.42. The van der Waals surface area contributed by atoms with E-state index in [1.807, 2.05) is 0 Å². The van der Waals surface area contributed by atoms with E-state index in [-0.39, 0.29) is 11.1 Å². The van der Waals surface area contributed by atoms with E-state index in [1.165, 1.54) is 0 Å². The fourth-order valence-electron chi connectivity index (χ4n) is 0.774. The lowest BCUT2D eigenvalue weighted by Gasteiger charge is -2.07. The number of carboxylic acid groups (broad SMARTS) is 1. The largest absolute Gasteiger partial charge is 0.872 e. The lowest BCUT2D eigenvalue weighted by Crippen LogP contribution is -2.01. The first-order valence-electron chi connectivity index (χ1n) is 3.14. The Morgan fingerprint density at radius 3 is 2.67 bits per heavy atom. The molecule has 4 heteroatoms. The Kier molecular flexibility index (Phi) is 2.09. The van der Waals surface area contributed by atoms with E-state index in [0.717, 1.165) is 18.2 Å². The van der Waals surface area contributed by atoms with Crippen LogP contribution in [0.1, 0.15) is 20.7 Å².